The quantitative estimate of drug-likeness (QED) is 0.889. The van der Waals surface area contributed by atoms with E-state index in [2.05, 4.69) is 5.32 Å². The summed E-state index contributed by atoms with van der Waals surface area (Å²) in [6, 6.07) is 9.01. The lowest BCUT2D eigenvalue weighted by Gasteiger charge is -2.16. The summed E-state index contributed by atoms with van der Waals surface area (Å²) in [7, 11) is 1.85. The highest BCUT2D eigenvalue weighted by Crippen LogP contribution is 2.29. The van der Waals surface area contributed by atoms with Gasteiger partial charge in [0, 0.05) is 16.5 Å². The molecule has 0 aliphatic heterocycles. The Hall–Kier alpha value is -1.39. The first-order valence-corrected chi connectivity index (χ1v) is 6.71. The van der Waals surface area contributed by atoms with E-state index in [0.717, 1.165) is 10.4 Å². The Morgan fingerprint density at radius 3 is 2.83 bits per heavy atom. The zero-order valence-corrected chi connectivity index (χ0v) is 11.3. The summed E-state index contributed by atoms with van der Waals surface area (Å²) in [5.41, 5.74) is 0.842. The maximum atomic E-state index is 13.8. The fourth-order valence-electron chi connectivity index (χ4n) is 1.71. The van der Waals surface area contributed by atoms with Crippen molar-refractivity contribution in [3.8, 4) is 5.75 Å². The second-order valence-electron chi connectivity index (χ2n) is 4.04. The average molecular weight is 265 g/mol. The van der Waals surface area contributed by atoms with Gasteiger partial charge in [-0.05, 0) is 31.5 Å². The molecule has 96 valence electrons. The van der Waals surface area contributed by atoms with Crippen LogP contribution in [0.1, 0.15) is 23.4 Å². The predicted octanol–water partition coefficient (Wildman–Crippen LogP) is 3.75. The maximum Gasteiger partial charge on any atom is 0.165 e. The number of thiophene rings is 1. The molecule has 1 unspecified atom stereocenters. The molecule has 1 N–H and O–H groups in total. The fourth-order valence-corrected chi connectivity index (χ4v) is 2.33. The van der Waals surface area contributed by atoms with E-state index in [1.807, 2.05) is 37.6 Å². The summed E-state index contributed by atoms with van der Waals surface area (Å²) in [6.45, 7) is 2.38. The Balaban J connectivity index is 2.20. The highest BCUT2D eigenvalue weighted by atomic mass is 32.1. The smallest absolute Gasteiger partial charge is 0.165 e. The van der Waals surface area contributed by atoms with Crippen LogP contribution in [-0.2, 0) is 6.61 Å². The second-order valence-corrected chi connectivity index (χ2v) is 5.07. The molecule has 1 aromatic heterocycles. The van der Waals surface area contributed by atoms with Gasteiger partial charge in [-0.15, -0.1) is 11.3 Å². The number of benzene rings is 1. The standard InChI is InChI=1S/C14H16FNOS/c1-10(16-2)12-6-3-7-13(15)14(12)17-9-11-5-4-8-18-11/h3-8,10,16H,9H2,1-2H3. The van der Waals surface area contributed by atoms with Crippen molar-refractivity contribution in [1.82, 2.24) is 5.32 Å². The van der Waals surface area contributed by atoms with Crippen LogP contribution in [0.2, 0.25) is 0 Å². The van der Waals surface area contributed by atoms with Gasteiger partial charge in [0.25, 0.3) is 0 Å². The number of hydrogen-bond acceptors (Lipinski definition) is 3. The molecule has 4 heteroatoms. The molecule has 2 aromatic rings. The Morgan fingerprint density at radius 2 is 2.17 bits per heavy atom. The first-order valence-electron chi connectivity index (χ1n) is 5.83. The highest BCUT2D eigenvalue weighted by Gasteiger charge is 2.14. The number of halogens is 1. The van der Waals surface area contributed by atoms with Crippen molar-refractivity contribution in [2.75, 3.05) is 7.05 Å². The normalized spacial score (nSPS) is 12.4. The summed E-state index contributed by atoms with van der Waals surface area (Å²) < 4.78 is 19.5. The molecule has 18 heavy (non-hydrogen) atoms. The summed E-state index contributed by atoms with van der Waals surface area (Å²) in [5.74, 6) is 0.0268. The first-order chi connectivity index (χ1) is 8.72. The third kappa shape index (κ3) is 2.89. The van der Waals surface area contributed by atoms with Crippen molar-refractivity contribution in [2.45, 2.75) is 19.6 Å². The Bertz CT molecular complexity index is 499. The van der Waals surface area contributed by atoms with Gasteiger partial charge in [0.2, 0.25) is 0 Å². The molecule has 1 heterocycles. The van der Waals surface area contributed by atoms with Gasteiger partial charge >= 0.3 is 0 Å². The zero-order valence-electron chi connectivity index (χ0n) is 10.4. The maximum absolute atomic E-state index is 13.8. The van der Waals surface area contributed by atoms with Crippen LogP contribution in [0.3, 0.4) is 0 Å². The molecule has 0 spiro atoms. The molecule has 0 aliphatic carbocycles. The number of ether oxygens (including phenoxy) is 1. The molecule has 0 saturated heterocycles. The minimum atomic E-state index is -0.314. The highest BCUT2D eigenvalue weighted by molar-refractivity contribution is 7.09. The van der Waals surface area contributed by atoms with E-state index in [-0.39, 0.29) is 11.9 Å². The van der Waals surface area contributed by atoms with Crippen LogP contribution in [0, 0.1) is 5.82 Å². The molecular formula is C14H16FNOS. The lowest BCUT2D eigenvalue weighted by Crippen LogP contribution is -2.14. The van der Waals surface area contributed by atoms with Gasteiger partial charge in [0.15, 0.2) is 11.6 Å². The topological polar surface area (TPSA) is 21.3 Å². The fraction of sp³-hybridized carbons (Fsp3) is 0.286. The van der Waals surface area contributed by atoms with E-state index in [1.165, 1.54) is 6.07 Å². The summed E-state index contributed by atoms with van der Waals surface area (Å²) in [5, 5.41) is 5.08. The number of hydrogen-bond donors (Lipinski definition) is 1. The van der Waals surface area contributed by atoms with E-state index < -0.39 is 0 Å². The molecule has 1 aromatic carbocycles. The number of para-hydroxylation sites is 1. The largest absolute Gasteiger partial charge is 0.485 e. The van der Waals surface area contributed by atoms with Crippen LogP contribution < -0.4 is 10.1 Å². The van der Waals surface area contributed by atoms with Crippen molar-refractivity contribution in [1.29, 1.82) is 0 Å². The molecule has 0 bridgehead atoms. The van der Waals surface area contributed by atoms with Crippen LogP contribution in [0.4, 0.5) is 4.39 Å². The molecule has 0 aliphatic rings. The number of rotatable bonds is 5. The third-order valence-corrected chi connectivity index (χ3v) is 3.69. The molecule has 0 saturated carbocycles. The molecule has 2 nitrogen and oxygen atoms in total. The lowest BCUT2D eigenvalue weighted by atomic mass is 10.1. The molecule has 0 fully saturated rings. The van der Waals surface area contributed by atoms with Crippen LogP contribution in [0.25, 0.3) is 0 Å². The average Bonchev–Trinajstić information content (AvgIpc) is 2.89. The molecule has 0 amide bonds. The van der Waals surface area contributed by atoms with Gasteiger partial charge in [-0.3, -0.25) is 0 Å². The van der Waals surface area contributed by atoms with Crippen LogP contribution >= 0.6 is 11.3 Å². The Morgan fingerprint density at radius 1 is 1.33 bits per heavy atom. The lowest BCUT2D eigenvalue weighted by molar-refractivity contribution is 0.287. The minimum absolute atomic E-state index is 0.0547. The van der Waals surface area contributed by atoms with Gasteiger partial charge in [0.05, 0.1) is 0 Å². The summed E-state index contributed by atoms with van der Waals surface area (Å²) >= 11 is 1.60. The van der Waals surface area contributed by atoms with Crippen LogP contribution in [0.5, 0.6) is 5.75 Å². The third-order valence-electron chi connectivity index (χ3n) is 2.84. The Labute approximate surface area is 110 Å². The van der Waals surface area contributed by atoms with E-state index in [4.69, 9.17) is 4.74 Å². The molecular weight excluding hydrogens is 249 g/mol. The second kappa shape index (κ2) is 5.98. The van der Waals surface area contributed by atoms with E-state index >= 15 is 0 Å². The van der Waals surface area contributed by atoms with Gasteiger partial charge in [0.1, 0.15) is 6.61 Å². The van der Waals surface area contributed by atoms with Crippen LogP contribution in [0.15, 0.2) is 35.7 Å². The summed E-state index contributed by atoms with van der Waals surface area (Å²) in [6.07, 6.45) is 0. The minimum Gasteiger partial charge on any atom is -0.485 e. The van der Waals surface area contributed by atoms with Gasteiger partial charge in [-0.25, -0.2) is 4.39 Å². The number of nitrogens with one attached hydrogen (secondary N) is 1. The first kappa shape index (κ1) is 13.1. The van der Waals surface area contributed by atoms with E-state index in [0.29, 0.717) is 12.4 Å². The predicted molar refractivity (Wildman–Crippen MR) is 72.5 cm³/mol. The van der Waals surface area contributed by atoms with Gasteiger partial charge < -0.3 is 10.1 Å². The zero-order chi connectivity index (χ0) is 13.0. The monoisotopic (exact) mass is 265 g/mol. The van der Waals surface area contributed by atoms with Crippen molar-refractivity contribution >= 4 is 11.3 Å². The molecule has 2 rings (SSSR count). The van der Waals surface area contributed by atoms with Crippen molar-refractivity contribution < 1.29 is 9.13 Å². The molecule has 0 radical (unpaired) electrons. The van der Waals surface area contributed by atoms with E-state index in [1.54, 1.807) is 17.4 Å². The molecule has 1 atom stereocenters. The van der Waals surface area contributed by atoms with Crippen molar-refractivity contribution in [3.63, 3.8) is 0 Å². The van der Waals surface area contributed by atoms with Gasteiger partial charge in [-0.2, -0.15) is 0 Å². The summed E-state index contributed by atoms with van der Waals surface area (Å²) in [4.78, 5) is 1.08. The Kier molecular flexibility index (Phi) is 4.33. The van der Waals surface area contributed by atoms with Crippen LogP contribution in [-0.4, -0.2) is 7.05 Å². The van der Waals surface area contributed by atoms with Gasteiger partial charge in [-0.1, -0.05) is 18.2 Å². The SMILES string of the molecule is CNC(C)c1cccc(F)c1OCc1cccs1. The van der Waals surface area contributed by atoms with E-state index in [9.17, 15) is 4.39 Å². The van der Waals surface area contributed by atoms with Crippen molar-refractivity contribution in [3.05, 3.63) is 52.0 Å². The van der Waals surface area contributed by atoms with Crippen molar-refractivity contribution in [2.24, 2.45) is 0 Å².